The standard InChI is InChI=1S/C21H35OS.C5H5.Fe/c22-21(20-16-13-14-17-20)18-12-10-8-6-4-2-1-3-5-7-9-11-15-19-23;1-2-4-5-3-1;/h13-14,16-17,23H,1-12,15,18-19H2;1-5H;/q-1;-5;. The molecule has 0 unspecified atom stereocenters. The molecule has 3 heteroatoms. The number of ketones is 1. The molecule has 0 spiro atoms. The minimum Gasteiger partial charge on any atom is -0.748 e. The van der Waals surface area contributed by atoms with Crippen LogP contribution in [0.5, 0.6) is 0 Å². The van der Waals surface area contributed by atoms with Crippen LogP contribution in [0, 0.1) is 0 Å². The Kier molecular flexibility index (Phi) is 21.4. The molecule has 2 aromatic carbocycles. The van der Waals surface area contributed by atoms with Crippen molar-refractivity contribution in [2.45, 2.75) is 89.9 Å². The summed E-state index contributed by atoms with van der Waals surface area (Å²) >= 11 is 4.24. The summed E-state index contributed by atoms with van der Waals surface area (Å²) in [5, 5.41) is 0. The number of Topliss-reactive ketones (excluding diaryl/α,β-unsaturated/α-hetero) is 1. The summed E-state index contributed by atoms with van der Waals surface area (Å²) in [6, 6.07) is 17.7. The molecule has 1 nitrogen and oxygen atoms in total. The van der Waals surface area contributed by atoms with Crippen LogP contribution in [0.25, 0.3) is 0 Å². The molecule has 170 valence electrons. The second-order valence-corrected chi connectivity index (χ2v) is 8.08. The van der Waals surface area contributed by atoms with Crippen molar-refractivity contribution in [2.24, 2.45) is 0 Å². The average molecular weight is 457 g/mol. The summed E-state index contributed by atoms with van der Waals surface area (Å²) in [6.07, 6.45) is 18.0. The van der Waals surface area contributed by atoms with E-state index in [1.807, 2.05) is 54.6 Å². The number of unbranched alkanes of at least 4 members (excludes halogenated alkanes) is 12. The molecule has 0 saturated carbocycles. The molecule has 0 saturated heterocycles. The van der Waals surface area contributed by atoms with E-state index in [-0.39, 0.29) is 17.1 Å². The number of thiol groups is 1. The molecule has 0 radical (unpaired) electrons. The molecule has 0 aromatic heterocycles. The summed E-state index contributed by atoms with van der Waals surface area (Å²) in [5.41, 5.74) is 0.885. The molecule has 0 atom stereocenters. The quantitative estimate of drug-likeness (QED) is 0.0882. The number of rotatable bonds is 16. The summed E-state index contributed by atoms with van der Waals surface area (Å²) in [6.45, 7) is 0. The first-order valence-electron chi connectivity index (χ1n) is 11.4. The van der Waals surface area contributed by atoms with Crippen LogP contribution in [-0.2, 0) is 17.1 Å². The van der Waals surface area contributed by atoms with Gasteiger partial charge in [0.25, 0.3) is 0 Å². The van der Waals surface area contributed by atoms with Gasteiger partial charge in [-0.15, -0.1) is 0 Å². The van der Waals surface area contributed by atoms with Crippen molar-refractivity contribution in [3.05, 3.63) is 60.2 Å². The predicted molar refractivity (Wildman–Crippen MR) is 127 cm³/mol. The molecule has 0 bridgehead atoms. The Hall–Kier alpha value is -0.761. The fraction of sp³-hybridized carbons (Fsp3) is 0.577. The first kappa shape index (κ1) is 28.2. The number of hydrogen-bond acceptors (Lipinski definition) is 2. The first-order chi connectivity index (χ1) is 13.8. The van der Waals surface area contributed by atoms with E-state index in [2.05, 4.69) is 12.6 Å². The van der Waals surface area contributed by atoms with Gasteiger partial charge in [-0.05, 0) is 25.0 Å². The maximum absolute atomic E-state index is 11.8. The predicted octanol–water partition coefficient (Wildman–Crippen LogP) is 8.38. The Morgan fingerprint density at radius 3 is 1.34 bits per heavy atom. The smallest absolute Gasteiger partial charge is 0.108 e. The Balaban J connectivity index is 0.00000113. The van der Waals surface area contributed by atoms with E-state index in [4.69, 9.17) is 0 Å². The van der Waals surface area contributed by atoms with Crippen LogP contribution >= 0.6 is 12.6 Å². The van der Waals surface area contributed by atoms with E-state index < -0.39 is 0 Å². The molecule has 0 aliphatic rings. The van der Waals surface area contributed by atoms with Gasteiger partial charge < -0.3 is 35.1 Å². The second kappa shape index (κ2) is 21.9. The third-order valence-electron chi connectivity index (χ3n) is 5.10. The Morgan fingerprint density at radius 1 is 0.621 bits per heavy atom. The Bertz CT molecular complexity index is 516. The fourth-order valence-electron chi connectivity index (χ4n) is 3.37. The largest absolute Gasteiger partial charge is 0.748 e. The van der Waals surface area contributed by atoms with Crippen LogP contribution in [0.4, 0.5) is 0 Å². The SMILES string of the molecule is O=C(CCCCCCCCCCCCCCCS)[c-]1cccc1.[Fe].[cH-]1[cH-][cH-][cH-][cH-]1. The zero-order chi connectivity index (χ0) is 20.1. The van der Waals surface area contributed by atoms with Gasteiger partial charge in [0.05, 0.1) is 0 Å². The average Bonchev–Trinajstić information content (AvgIpc) is 3.44. The van der Waals surface area contributed by atoms with Crippen LogP contribution in [-0.4, -0.2) is 11.5 Å². The molecule has 2 rings (SSSR count). The van der Waals surface area contributed by atoms with Gasteiger partial charge in [-0.1, -0.05) is 76.2 Å². The van der Waals surface area contributed by atoms with Gasteiger partial charge in [0.1, 0.15) is 5.78 Å². The summed E-state index contributed by atoms with van der Waals surface area (Å²) in [4.78, 5) is 11.8. The van der Waals surface area contributed by atoms with E-state index in [9.17, 15) is 4.79 Å². The van der Waals surface area contributed by atoms with E-state index in [0.717, 1.165) is 24.2 Å². The third kappa shape index (κ3) is 17.8. The van der Waals surface area contributed by atoms with Crippen molar-refractivity contribution >= 4 is 18.4 Å². The van der Waals surface area contributed by atoms with Crippen LogP contribution in [0.3, 0.4) is 0 Å². The van der Waals surface area contributed by atoms with Gasteiger partial charge in [0, 0.05) is 17.1 Å². The van der Waals surface area contributed by atoms with Crippen LogP contribution < -0.4 is 0 Å². The summed E-state index contributed by atoms with van der Waals surface area (Å²) in [5.74, 6) is 1.35. The van der Waals surface area contributed by atoms with Crippen LogP contribution in [0.2, 0.25) is 0 Å². The van der Waals surface area contributed by atoms with E-state index in [1.54, 1.807) is 0 Å². The van der Waals surface area contributed by atoms with Crippen molar-refractivity contribution < 1.29 is 21.9 Å². The minimum atomic E-state index is 0. The topological polar surface area (TPSA) is 17.1 Å². The van der Waals surface area contributed by atoms with Gasteiger partial charge >= 0.3 is 0 Å². The fourth-order valence-corrected chi connectivity index (χ4v) is 3.59. The van der Waals surface area contributed by atoms with Gasteiger partial charge in [-0.25, -0.2) is 12.1 Å². The summed E-state index contributed by atoms with van der Waals surface area (Å²) in [7, 11) is 0. The van der Waals surface area contributed by atoms with Crippen molar-refractivity contribution in [1.82, 2.24) is 0 Å². The second-order valence-electron chi connectivity index (χ2n) is 7.63. The number of carbonyl (C=O) groups excluding carboxylic acids is 1. The Labute approximate surface area is 195 Å². The van der Waals surface area contributed by atoms with E-state index in [1.165, 1.54) is 77.0 Å². The zero-order valence-electron chi connectivity index (χ0n) is 18.0. The first-order valence-corrected chi connectivity index (χ1v) is 12.0. The van der Waals surface area contributed by atoms with Crippen LogP contribution in [0.1, 0.15) is 100 Å². The zero-order valence-corrected chi connectivity index (χ0v) is 20.0. The van der Waals surface area contributed by atoms with E-state index >= 15 is 0 Å². The van der Waals surface area contributed by atoms with E-state index in [0.29, 0.717) is 5.78 Å². The molecule has 0 fully saturated rings. The number of carbonyl (C=O) groups is 1. The minimum absolute atomic E-state index is 0. The normalized spacial score (nSPS) is 10.1. The maximum atomic E-state index is 11.8. The molecular formula is C26H40FeOS-6. The molecule has 0 aliphatic heterocycles. The maximum Gasteiger partial charge on any atom is 0.108 e. The third-order valence-corrected chi connectivity index (χ3v) is 5.42. The Morgan fingerprint density at radius 2 is 0.966 bits per heavy atom. The van der Waals surface area contributed by atoms with Crippen molar-refractivity contribution in [3.8, 4) is 0 Å². The van der Waals surface area contributed by atoms with Crippen molar-refractivity contribution in [1.29, 1.82) is 0 Å². The molecule has 0 heterocycles. The van der Waals surface area contributed by atoms with Gasteiger partial charge in [0.15, 0.2) is 0 Å². The molecule has 29 heavy (non-hydrogen) atoms. The molecule has 2 aromatic rings. The van der Waals surface area contributed by atoms with Gasteiger partial charge in [0.2, 0.25) is 0 Å². The monoisotopic (exact) mass is 456 g/mol. The molecule has 0 amide bonds. The van der Waals surface area contributed by atoms with Gasteiger partial charge in [-0.2, -0.15) is 24.8 Å². The van der Waals surface area contributed by atoms with Crippen LogP contribution in [0.15, 0.2) is 54.6 Å². The van der Waals surface area contributed by atoms with Crippen molar-refractivity contribution in [3.63, 3.8) is 0 Å². The molecule has 0 aliphatic carbocycles. The summed E-state index contributed by atoms with van der Waals surface area (Å²) < 4.78 is 0. The molecule has 0 N–H and O–H groups in total. The molecular weight excluding hydrogens is 416 g/mol. The van der Waals surface area contributed by atoms with Gasteiger partial charge in [-0.3, -0.25) is 0 Å². The van der Waals surface area contributed by atoms with Crippen molar-refractivity contribution in [2.75, 3.05) is 5.75 Å². The number of hydrogen-bond donors (Lipinski definition) is 1.